The first-order chi connectivity index (χ1) is 11.2. The highest BCUT2D eigenvalue weighted by Crippen LogP contribution is 2.28. The summed E-state index contributed by atoms with van der Waals surface area (Å²) in [7, 11) is 0. The topological polar surface area (TPSA) is 61.8 Å². The average molecular weight is 322 g/mol. The van der Waals surface area contributed by atoms with Crippen molar-refractivity contribution in [2.24, 2.45) is 0 Å². The van der Waals surface area contributed by atoms with Gasteiger partial charge in [0.1, 0.15) is 0 Å². The zero-order chi connectivity index (χ0) is 16.2. The van der Waals surface area contributed by atoms with E-state index in [-0.39, 0.29) is 30.5 Å². The molecule has 6 heteroatoms. The molecule has 23 heavy (non-hydrogen) atoms. The predicted octanol–water partition coefficient (Wildman–Crippen LogP) is 3.14. The van der Waals surface area contributed by atoms with Gasteiger partial charge in [0.25, 0.3) is 0 Å². The van der Waals surface area contributed by atoms with Crippen LogP contribution in [-0.2, 0) is 0 Å². The van der Waals surface area contributed by atoms with Crippen LogP contribution in [0.2, 0.25) is 0 Å². The summed E-state index contributed by atoms with van der Waals surface area (Å²) in [6.45, 7) is 0.568. The number of carbonyl (C=O) groups is 1. The van der Waals surface area contributed by atoms with Crippen LogP contribution in [-0.4, -0.2) is 41.3 Å². The van der Waals surface area contributed by atoms with Gasteiger partial charge in [-0.05, 0) is 50.7 Å². The summed E-state index contributed by atoms with van der Waals surface area (Å²) in [5, 5.41) is 12.0. The third-order valence-corrected chi connectivity index (χ3v) is 4.63. The third kappa shape index (κ3) is 3.75. The largest absolute Gasteiger partial charge is 0.487 e. The molecule has 126 valence electrons. The zero-order valence-corrected chi connectivity index (χ0v) is 13.1. The van der Waals surface area contributed by atoms with Gasteiger partial charge in [0.05, 0.1) is 18.8 Å². The van der Waals surface area contributed by atoms with E-state index in [1.54, 1.807) is 17.0 Å². The van der Waals surface area contributed by atoms with Gasteiger partial charge in [-0.15, -0.1) is 0 Å². The van der Waals surface area contributed by atoms with E-state index in [0.717, 1.165) is 38.5 Å². The maximum Gasteiger partial charge on any atom is 0.322 e. The fraction of sp³-hybridized carbons (Fsp3) is 0.588. The van der Waals surface area contributed by atoms with Crippen molar-refractivity contribution < 1.29 is 19.0 Å². The summed E-state index contributed by atoms with van der Waals surface area (Å²) in [4.78, 5) is 13.8. The molecule has 1 aliphatic heterocycles. The molecule has 1 atom stereocenters. The summed E-state index contributed by atoms with van der Waals surface area (Å²) < 4.78 is 19.8. The molecule has 2 fully saturated rings. The third-order valence-electron chi connectivity index (χ3n) is 4.63. The molecular weight excluding hydrogens is 299 g/mol. The number of aliphatic hydroxyl groups excluding tert-OH is 1. The van der Waals surface area contributed by atoms with Crippen LogP contribution in [0, 0.1) is 5.82 Å². The number of hydrogen-bond donors (Lipinski definition) is 2. The van der Waals surface area contributed by atoms with Crippen LogP contribution < -0.4 is 10.1 Å². The highest BCUT2D eigenvalue weighted by Gasteiger charge is 2.28. The quantitative estimate of drug-likeness (QED) is 0.895. The number of amides is 2. The normalized spacial score (nSPS) is 21.7. The molecule has 2 N–H and O–H groups in total. The van der Waals surface area contributed by atoms with Crippen molar-refractivity contribution in [3.05, 3.63) is 24.0 Å². The molecule has 5 nitrogen and oxygen atoms in total. The second-order valence-electron chi connectivity index (χ2n) is 6.27. The van der Waals surface area contributed by atoms with Crippen molar-refractivity contribution >= 4 is 11.7 Å². The van der Waals surface area contributed by atoms with E-state index in [4.69, 9.17) is 4.74 Å². The summed E-state index contributed by atoms with van der Waals surface area (Å²) in [6, 6.07) is 4.05. The Hall–Kier alpha value is -1.82. The number of hydrogen-bond acceptors (Lipinski definition) is 3. The summed E-state index contributed by atoms with van der Waals surface area (Å²) in [5.41, 5.74) is 0.398. The number of ether oxygens (including phenoxy) is 1. The minimum absolute atomic E-state index is 0.0457. The smallest absolute Gasteiger partial charge is 0.322 e. The molecule has 1 aromatic rings. The van der Waals surface area contributed by atoms with Gasteiger partial charge in [-0.25, -0.2) is 9.18 Å². The Morgan fingerprint density at radius 2 is 2.09 bits per heavy atom. The molecule has 1 saturated heterocycles. The van der Waals surface area contributed by atoms with Gasteiger partial charge in [-0.1, -0.05) is 0 Å². The molecule has 1 aliphatic carbocycles. The molecule has 0 bridgehead atoms. The minimum Gasteiger partial charge on any atom is -0.487 e. The van der Waals surface area contributed by atoms with Gasteiger partial charge in [-0.2, -0.15) is 0 Å². The first-order valence-electron chi connectivity index (χ1n) is 8.32. The fourth-order valence-corrected chi connectivity index (χ4v) is 3.35. The van der Waals surface area contributed by atoms with Crippen LogP contribution >= 0.6 is 0 Å². The van der Waals surface area contributed by atoms with E-state index in [1.165, 1.54) is 6.07 Å². The second-order valence-corrected chi connectivity index (χ2v) is 6.27. The predicted molar refractivity (Wildman–Crippen MR) is 85.1 cm³/mol. The Balaban J connectivity index is 1.62. The van der Waals surface area contributed by atoms with Gasteiger partial charge >= 0.3 is 6.03 Å². The molecule has 1 saturated carbocycles. The van der Waals surface area contributed by atoms with Crippen molar-refractivity contribution in [2.75, 3.05) is 18.5 Å². The fourth-order valence-electron chi connectivity index (χ4n) is 3.35. The molecule has 0 unspecified atom stereocenters. The molecule has 0 aromatic heterocycles. The number of aliphatic hydroxyl groups is 1. The number of rotatable bonds is 4. The number of anilines is 1. The van der Waals surface area contributed by atoms with E-state index in [0.29, 0.717) is 12.2 Å². The monoisotopic (exact) mass is 322 g/mol. The lowest BCUT2D eigenvalue weighted by atomic mass is 10.2. The van der Waals surface area contributed by atoms with Gasteiger partial charge in [0, 0.05) is 18.3 Å². The maximum absolute atomic E-state index is 14.1. The maximum atomic E-state index is 14.1. The first-order valence-corrected chi connectivity index (χ1v) is 8.32. The lowest BCUT2D eigenvalue weighted by molar-refractivity contribution is 0.166. The van der Waals surface area contributed by atoms with Crippen LogP contribution in [0.1, 0.15) is 38.5 Å². The lowest BCUT2D eigenvalue weighted by Gasteiger charge is -2.23. The van der Waals surface area contributed by atoms with Gasteiger partial charge in [0.15, 0.2) is 11.6 Å². The molecule has 0 spiro atoms. The number of likely N-dealkylation sites (tertiary alicyclic amines) is 1. The zero-order valence-electron chi connectivity index (χ0n) is 13.1. The summed E-state index contributed by atoms with van der Waals surface area (Å²) in [6.07, 6.45) is 5.96. The average Bonchev–Trinajstić information content (AvgIpc) is 3.20. The number of benzene rings is 1. The SMILES string of the molecule is O=C(Nc1ccc(OC2CCCC2)c(F)c1)N1CCC[C@@H]1CO. The Kier molecular flexibility index (Phi) is 5.00. The van der Waals surface area contributed by atoms with E-state index in [2.05, 4.69) is 5.32 Å². The standard InChI is InChI=1S/C17H23FN2O3/c18-15-10-12(7-8-16(15)23-14-5-1-2-6-14)19-17(22)20-9-3-4-13(20)11-21/h7-8,10,13-14,21H,1-6,9,11H2,(H,19,22)/t13-/m1/s1. The first kappa shape index (κ1) is 16.1. The van der Waals surface area contributed by atoms with E-state index in [1.807, 2.05) is 0 Å². The number of urea groups is 1. The molecule has 2 aliphatic rings. The van der Waals surface area contributed by atoms with Crippen LogP contribution in [0.3, 0.4) is 0 Å². The Bertz CT molecular complexity index is 561. The van der Waals surface area contributed by atoms with Crippen LogP contribution in [0.25, 0.3) is 0 Å². The molecular formula is C17H23FN2O3. The Morgan fingerprint density at radius 3 is 2.78 bits per heavy atom. The van der Waals surface area contributed by atoms with Crippen LogP contribution in [0.4, 0.5) is 14.9 Å². The van der Waals surface area contributed by atoms with Crippen molar-refractivity contribution in [3.8, 4) is 5.75 Å². The summed E-state index contributed by atoms with van der Waals surface area (Å²) in [5.74, 6) is -0.223. The highest BCUT2D eigenvalue weighted by molar-refractivity contribution is 5.89. The molecule has 3 rings (SSSR count). The minimum atomic E-state index is -0.463. The number of nitrogens with one attached hydrogen (secondary N) is 1. The summed E-state index contributed by atoms with van der Waals surface area (Å²) >= 11 is 0. The van der Waals surface area contributed by atoms with Crippen molar-refractivity contribution in [1.29, 1.82) is 0 Å². The number of nitrogens with zero attached hydrogens (tertiary/aromatic N) is 1. The number of carbonyl (C=O) groups excluding carboxylic acids is 1. The molecule has 1 heterocycles. The van der Waals surface area contributed by atoms with E-state index < -0.39 is 5.82 Å². The van der Waals surface area contributed by atoms with Gasteiger partial charge in [0.2, 0.25) is 0 Å². The number of halogens is 1. The Labute approximate surface area is 135 Å². The molecule has 2 amide bonds. The lowest BCUT2D eigenvalue weighted by Crippen LogP contribution is -2.40. The van der Waals surface area contributed by atoms with Gasteiger partial charge in [-0.3, -0.25) is 0 Å². The molecule has 0 radical (unpaired) electrons. The van der Waals surface area contributed by atoms with Crippen LogP contribution in [0.15, 0.2) is 18.2 Å². The van der Waals surface area contributed by atoms with Gasteiger partial charge < -0.3 is 20.1 Å². The van der Waals surface area contributed by atoms with Crippen LogP contribution in [0.5, 0.6) is 5.75 Å². The Morgan fingerprint density at radius 1 is 1.30 bits per heavy atom. The van der Waals surface area contributed by atoms with E-state index >= 15 is 0 Å². The van der Waals surface area contributed by atoms with Crippen molar-refractivity contribution in [1.82, 2.24) is 4.90 Å². The second kappa shape index (κ2) is 7.17. The highest BCUT2D eigenvalue weighted by atomic mass is 19.1. The van der Waals surface area contributed by atoms with Crippen molar-refractivity contribution in [2.45, 2.75) is 50.7 Å². The van der Waals surface area contributed by atoms with Crippen molar-refractivity contribution in [3.63, 3.8) is 0 Å². The molecule has 1 aromatic carbocycles. The van der Waals surface area contributed by atoms with E-state index in [9.17, 15) is 14.3 Å².